The molecule has 32 heavy (non-hydrogen) atoms. The average Bonchev–Trinajstić information content (AvgIpc) is 3.11. The molecule has 0 saturated heterocycles. The normalized spacial score (nSPS) is 16.0. The van der Waals surface area contributed by atoms with Gasteiger partial charge in [0.05, 0.1) is 34.8 Å². The monoisotopic (exact) mass is 451 g/mol. The molecule has 3 aromatic rings. The molecule has 160 valence electrons. The van der Waals surface area contributed by atoms with Crippen LogP contribution in [0.15, 0.2) is 58.9 Å². The number of rotatable bonds is 3. The fraction of sp³-hybridized carbons (Fsp3) is 0.0870. The summed E-state index contributed by atoms with van der Waals surface area (Å²) in [7, 11) is 1.14. The van der Waals surface area contributed by atoms with E-state index in [1.807, 2.05) is 6.07 Å². The third-order valence-electron chi connectivity index (χ3n) is 5.08. The van der Waals surface area contributed by atoms with Gasteiger partial charge in [-0.05, 0) is 18.2 Å². The van der Waals surface area contributed by atoms with E-state index < -0.39 is 29.1 Å². The largest absolute Gasteiger partial charge is 0.466 e. The third-order valence-corrected chi connectivity index (χ3v) is 6.19. The van der Waals surface area contributed by atoms with Gasteiger partial charge in [0.2, 0.25) is 0 Å². The molecule has 0 aliphatic carbocycles. The summed E-state index contributed by atoms with van der Waals surface area (Å²) in [6.45, 7) is 0. The number of nitrogens with two attached hydrogens (primary N) is 1. The van der Waals surface area contributed by atoms with E-state index in [9.17, 15) is 23.6 Å². The Labute approximate surface area is 184 Å². The van der Waals surface area contributed by atoms with Crippen molar-refractivity contribution in [1.82, 2.24) is 4.57 Å². The molecule has 4 rings (SSSR count). The topological polar surface area (TPSA) is 98.1 Å². The van der Waals surface area contributed by atoms with Crippen LogP contribution in [-0.2, 0) is 9.53 Å². The number of thiazole rings is 1. The molecular weight excluding hydrogens is 436 g/mol. The zero-order chi connectivity index (χ0) is 23.0. The highest BCUT2D eigenvalue weighted by molar-refractivity contribution is 7.07. The summed E-state index contributed by atoms with van der Waals surface area (Å²) in [4.78, 5) is 25.9. The summed E-state index contributed by atoms with van der Waals surface area (Å²) in [6, 6.07) is 13.4. The smallest absolute Gasteiger partial charge is 0.337 e. The molecule has 0 bridgehead atoms. The predicted molar refractivity (Wildman–Crippen MR) is 115 cm³/mol. The number of nitriles is 1. The number of carbonyl (C=O) groups excluding carboxylic acids is 1. The number of nitrogens with zero attached hydrogens (tertiary/aromatic N) is 2. The minimum atomic E-state index is -1.17. The van der Waals surface area contributed by atoms with Crippen molar-refractivity contribution in [3.63, 3.8) is 0 Å². The van der Waals surface area contributed by atoms with Crippen molar-refractivity contribution in [1.29, 1.82) is 5.26 Å². The van der Waals surface area contributed by atoms with Gasteiger partial charge in [0.1, 0.15) is 22.1 Å². The van der Waals surface area contributed by atoms with Gasteiger partial charge in [0, 0.05) is 11.1 Å². The van der Waals surface area contributed by atoms with Crippen molar-refractivity contribution in [2.24, 2.45) is 5.73 Å². The summed E-state index contributed by atoms with van der Waals surface area (Å²) < 4.78 is 34.9. The SMILES string of the molecule is COC(=O)C1=c2s/c(=C/c3ccccc3F)c(=O)n2C(N)=C(C#N)[C@@H]1c1ccccc1F. The molecule has 1 aromatic heterocycles. The Morgan fingerprint density at radius 3 is 2.47 bits per heavy atom. The highest BCUT2D eigenvalue weighted by atomic mass is 32.1. The molecule has 0 saturated carbocycles. The molecule has 2 heterocycles. The highest BCUT2D eigenvalue weighted by Gasteiger charge is 2.37. The molecule has 1 atom stereocenters. The summed E-state index contributed by atoms with van der Waals surface area (Å²) in [6.07, 6.45) is 1.33. The van der Waals surface area contributed by atoms with E-state index in [-0.39, 0.29) is 37.3 Å². The molecule has 6 nitrogen and oxygen atoms in total. The molecule has 0 spiro atoms. The molecule has 0 amide bonds. The number of fused-ring (bicyclic) bond motifs is 1. The molecule has 0 unspecified atom stereocenters. The van der Waals surface area contributed by atoms with Crippen LogP contribution in [0.2, 0.25) is 0 Å². The highest BCUT2D eigenvalue weighted by Crippen LogP contribution is 2.37. The van der Waals surface area contributed by atoms with Crippen molar-refractivity contribution in [3.05, 3.63) is 96.4 Å². The number of esters is 1. The molecule has 9 heteroatoms. The van der Waals surface area contributed by atoms with E-state index in [0.717, 1.165) is 23.0 Å². The Morgan fingerprint density at radius 2 is 1.84 bits per heavy atom. The number of benzene rings is 2. The van der Waals surface area contributed by atoms with Gasteiger partial charge in [-0.1, -0.05) is 36.4 Å². The molecule has 2 aromatic carbocycles. The molecular formula is C23H15F2N3O3S. The van der Waals surface area contributed by atoms with E-state index in [1.54, 1.807) is 12.1 Å². The van der Waals surface area contributed by atoms with E-state index in [0.29, 0.717) is 0 Å². The van der Waals surface area contributed by atoms with Crippen LogP contribution in [0.1, 0.15) is 17.0 Å². The maximum atomic E-state index is 14.7. The van der Waals surface area contributed by atoms with Crippen molar-refractivity contribution < 1.29 is 18.3 Å². The number of methoxy groups -OCH3 is 1. The first-order valence-corrected chi connectivity index (χ1v) is 10.2. The van der Waals surface area contributed by atoms with E-state index in [1.165, 1.54) is 42.5 Å². The summed E-state index contributed by atoms with van der Waals surface area (Å²) >= 11 is 0.882. The predicted octanol–water partition coefficient (Wildman–Crippen LogP) is 1.79. The van der Waals surface area contributed by atoms with Crippen LogP contribution < -0.4 is 20.5 Å². The Morgan fingerprint density at radius 1 is 1.19 bits per heavy atom. The average molecular weight is 451 g/mol. The second kappa shape index (κ2) is 8.24. The van der Waals surface area contributed by atoms with Crippen molar-refractivity contribution in [3.8, 4) is 6.07 Å². The van der Waals surface area contributed by atoms with E-state index in [4.69, 9.17) is 10.5 Å². The fourth-order valence-electron chi connectivity index (χ4n) is 3.61. The van der Waals surface area contributed by atoms with Crippen LogP contribution in [0, 0.1) is 23.0 Å². The maximum Gasteiger partial charge on any atom is 0.337 e. The lowest BCUT2D eigenvalue weighted by molar-refractivity contribution is -0.134. The van der Waals surface area contributed by atoms with Crippen LogP contribution in [0.5, 0.6) is 0 Å². The number of allylic oxidation sites excluding steroid dienone is 1. The standard InChI is InChI=1S/C23H15F2N3O3S/c1-31-23(30)19-18(13-7-3-5-9-16(13)25)14(11-26)20(27)28-21(29)17(32-22(19)28)10-12-6-2-4-8-15(12)24/h2-10,18H,27H2,1H3/b17-10+/t18-/m0/s1. The van der Waals surface area contributed by atoms with Gasteiger partial charge in [-0.15, -0.1) is 11.3 Å². The zero-order valence-electron chi connectivity index (χ0n) is 16.6. The van der Waals surface area contributed by atoms with Crippen molar-refractivity contribution in [2.75, 3.05) is 7.11 Å². The first-order valence-electron chi connectivity index (χ1n) is 9.34. The van der Waals surface area contributed by atoms with Crippen molar-refractivity contribution >= 4 is 34.8 Å². The molecule has 2 N–H and O–H groups in total. The van der Waals surface area contributed by atoms with E-state index >= 15 is 0 Å². The lowest BCUT2D eigenvalue weighted by Gasteiger charge is -2.24. The maximum absolute atomic E-state index is 14.7. The van der Waals surface area contributed by atoms with Gasteiger partial charge in [0.25, 0.3) is 5.56 Å². The number of hydrogen-bond donors (Lipinski definition) is 1. The van der Waals surface area contributed by atoms with Gasteiger partial charge in [-0.3, -0.25) is 9.36 Å². The third kappa shape index (κ3) is 3.31. The Hall–Kier alpha value is -4.03. The van der Waals surface area contributed by atoms with Gasteiger partial charge < -0.3 is 10.5 Å². The minimum Gasteiger partial charge on any atom is -0.466 e. The lowest BCUT2D eigenvalue weighted by Crippen LogP contribution is -2.40. The van der Waals surface area contributed by atoms with Crippen LogP contribution in [0.25, 0.3) is 17.5 Å². The van der Waals surface area contributed by atoms with Gasteiger partial charge in [-0.25, -0.2) is 13.6 Å². The minimum absolute atomic E-state index is 0.0409. The summed E-state index contributed by atoms with van der Waals surface area (Å²) in [5.41, 5.74) is 5.48. The van der Waals surface area contributed by atoms with Crippen LogP contribution >= 0.6 is 11.3 Å². The number of ether oxygens (including phenoxy) is 1. The molecule has 1 aliphatic rings. The lowest BCUT2D eigenvalue weighted by atomic mass is 9.83. The molecule has 1 aliphatic heterocycles. The van der Waals surface area contributed by atoms with Crippen LogP contribution in [0.3, 0.4) is 0 Å². The number of hydrogen-bond acceptors (Lipinski definition) is 6. The molecule has 0 radical (unpaired) electrons. The number of halogens is 2. The second-order valence-corrected chi connectivity index (χ2v) is 7.88. The van der Waals surface area contributed by atoms with Gasteiger partial charge >= 0.3 is 5.97 Å². The van der Waals surface area contributed by atoms with Crippen LogP contribution in [-0.4, -0.2) is 17.6 Å². The number of aromatic nitrogens is 1. The summed E-state index contributed by atoms with van der Waals surface area (Å²) in [5.74, 6) is -3.42. The van der Waals surface area contributed by atoms with Crippen LogP contribution in [0.4, 0.5) is 8.78 Å². The molecule has 0 fully saturated rings. The summed E-state index contributed by atoms with van der Waals surface area (Å²) in [5, 5.41) is 9.81. The quantitative estimate of drug-likeness (QED) is 0.613. The zero-order valence-corrected chi connectivity index (χ0v) is 17.5. The first-order chi connectivity index (χ1) is 15.4. The Bertz CT molecular complexity index is 1510. The van der Waals surface area contributed by atoms with E-state index in [2.05, 4.69) is 0 Å². The number of carbonyl (C=O) groups is 1. The fourth-order valence-corrected chi connectivity index (χ4v) is 4.76. The second-order valence-electron chi connectivity index (χ2n) is 6.85. The first kappa shape index (κ1) is 21.2. The van der Waals surface area contributed by atoms with Gasteiger partial charge in [0.15, 0.2) is 0 Å². The van der Waals surface area contributed by atoms with Crippen molar-refractivity contribution in [2.45, 2.75) is 5.92 Å². The van der Waals surface area contributed by atoms with Gasteiger partial charge in [-0.2, -0.15) is 5.26 Å². The Balaban J connectivity index is 2.15. The Kier molecular flexibility index (Phi) is 5.47.